The molecule has 1 aromatic carbocycles. The lowest BCUT2D eigenvalue weighted by molar-refractivity contribution is 0.144. The van der Waals surface area contributed by atoms with E-state index >= 15 is 0 Å². The topological polar surface area (TPSA) is 29.3 Å². The molecule has 2 nitrogen and oxygen atoms in total. The number of halogens is 1. The van der Waals surface area contributed by atoms with Gasteiger partial charge in [0.1, 0.15) is 0 Å². The zero-order chi connectivity index (χ0) is 14.2. The van der Waals surface area contributed by atoms with Gasteiger partial charge >= 0.3 is 0 Å². The molecular weight excluding hydrogens is 268 g/mol. The van der Waals surface area contributed by atoms with Gasteiger partial charge in [0.2, 0.25) is 0 Å². The van der Waals surface area contributed by atoms with Gasteiger partial charge in [0.05, 0.1) is 10.7 Å². The number of nitrogen functional groups attached to an aromatic ring is 1. The van der Waals surface area contributed by atoms with E-state index in [9.17, 15) is 0 Å². The number of hydrogen-bond acceptors (Lipinski definition) is 2. The Morgan fingerprint density at radius 2 is 1.70 bits per heavy atom. The molecule has 3 rings (SSSR count). The van der Waals surface area contributed by atoms with Crippen molar-refractivity contribution in [2.24, 2.45) is 5.41 Å². The molecule has 2 N–H and O–H groups in total. The van der Waals surface area contributed by atoms with Crippen molar-refractivity contribution in [3.05, 3.63) is 22.7 Å². The first-order valence-electron chi connectivity index (χ1n) is 7.90. The lowest BCUT2D eigenvalue weighted by Gasteiger charge is -2.45. The summed E-state index contributed by atoms with van der Waals surface area (Å²) in [6.45, 7) is 4.47. The zero-order valence-electron chi connectivity index (χ0n) is 12.4. The molecule has 1 aliphatic carbocycles. The van der Waals surface area contributed by atoms with Gasteiger partial charge in [-0.15, -0.1) is 0 Å². The molecule has 0 atom stereocenters. The van der Waals surface area contributed by atoms with Crippen LogP contribution < -0.4 is 10.6 Å². The monoisotopic (exact) mass is 292 g/mol. The summed E-state index contributed by atoms with van der Waals surface area (Å²) in [5.74, 6) is 0. The molecule has 0 bridgehead atoms. The van der Waals surface area contributed by atoms with Gasteiger partial charge in [-0.05, 0) is 55.7 Å². The minimum Gasteiger partial charge on any atom is -0.398 e. The third-order valence-electron chi connectivity index (χ3n) is 5.39. The van der Waals surface area contributed by atoms with E-state index in [1.807, 2.05) is 12.1 Å². The first kappa shape index (κ1) is 14.1. The van der Waals surface area contributed by atoms with Gasteiger partial charge in [-0.2, -0.15) is 0 Å². The number of anilines is 2. The largest absolute Gasteiger partial charge is 0.398 e. The highest BCUT2D eigenvalue weighted by atomic mass is 35.5. The minimum absolute atomic E-state index is 0.653. The fourth-order valence-electron chi connectivity index (χ4n) is 4.06. The maximum atomic E-state index is 6.20. The molecule has 1 heterocycles. The Morgan fingerprint density at radius 3 is 2.35 bits per heavy atom. The number of rotatable bonds is 1. The van der Waals surface area contributed by atoms with Gasteiger partial charge in [0.15, 0.2) is 0 Å². The third-order valence-corrected chi connectivity index (χ3v) is 5.72. The van der Waals surface area contributed by atoms with Crippen LogP contribution in [0, 0.1) is 12.3 Å². The second kappa shape index (κ2) is 5.48. The van der Waals surface area contributed by atoms with Crippen molar-refractivity contribution >= 4 is 23.0 Å². The van der Waals surface area contributed by atoms with E-state index in [4.69, 9.17) is 17.3 Å². The van der Waals surface area contributed by atoms with Crippen LogP contribution in [0.1, 0.15) is 50.5 Å². The first-order valence-corrected chi connectivity index (χ1v) is 8.28. The lowest BCUT2D eigenvalue weighted by Crippen LogP contribution is -2.41. The molecule has 3 heteroatoms. The lowest BCUT2D eigenvalue weighted by atomic mass is 9.68. The van der Waals surface area contributed by atoms with Crippen molar-refractivity contribution in [3.8, 4) is 0 Å². The Kier molecular flexibility index (Phi) is 3.85. The van der Waals surface area contributed by atoms with Crippen LogP contribution >= 0.6 is 11.6 Å². The molecule has 1 spiro atoms. The van der Waals surface area contributed by atoms with Gasteiger partial charge < -0.3 is 10.6 Å². The molecule has 0 radical (unpaired) electrons. The molecule has 110 valence electrons. The highest BCUT2D eigenvalue weighted by molar-refractivity contribution is 6.33. The number of benzene rings is 1. The van der Waals surface area contributed by atoms with E-state index in [1.54, 1.807) is 0 Å². The summed E-state index contributed by atoms with van der Waals surface area (Å²) >= 11 is 6.20. The number of hydrogen-bond donors (Lipinski definition) is 1. The second-order valence-corrected chi connectivity index (χ2v) is 7.12. The number of piperidine rings is 1. The van der Waals surface area contributed by atoms with Crippen LogP contribution in [0.3, 0.4) is 0 Å². The Balaban J connectivity index is 1.73. The summed E-state index contributed by atoms with van der Waals surface area (Å²) in [6, 6.07) is 4.05. The summed E-state index contributed by atoms with van der Waals surface area (Å²) in [5.41, 5.74) is 9.74. The van der Waals surface area contributed by atoms with E-state index in [2.05, 4.69) is 11.8 Å². The molecular formula is C17H25ClN2. The molecule has 0 amide bonds. The number of nitrogens with two attached hydrogens (primary N) is 1. The summed E-state index contributed by atoms with van der Waals surface area (Å²) in [4.78, 5) is 2.50. The quantitative estimate of drug-likeness (QED) is 0.755. The molecule has 0 aromatic heterocycles. The number of aryl methyl sites for hydroxylation is 1. The number of nitrogens with zero attached hydrogens (tertiary/aromatic N) is 1. The normalized spacial score (nSPS) is 22.2. The van der Waals surface area contributed by atoms with Gasteiger partial charge in [-0.3, -0.25) is 0 Å². The molecule has 1 aromatic rings. The van der Waals surface area contributed by atoms with Gasteiger partial charge in [-0.25, -0.2) is 0 Å². The Bertz CT molecular complexity index is 482. The van der Waals surface area contributed by atoms with Crippen molar-refractivity contribution in [2.45, 2.75) is 51.9 Å². The van der Waals surface area contributed by atoms with E-state index in [0.29, 0.717) is 16.1 Å². The zero-order valence-corrected chi connectivity index (χ0v) is 13.2. The average Bonchev–Trinajstić information content (AvgIpc) is 2.45. The smallest absolute Gasteiger partial charge is 0.0656 e. The molecule has 2 fully saturated rings. The fourth-order valence-corrected chi connectivity index (χ4v) is 4.22. The van der Waals surface area contributed by atoms with Crippen molar-refractivity contribution in [1.29, 1.82) is 0 Å². The van der Waals surface area contributed by atoms with Crippen molar-refractivity contribution in [1.82, 2.24) is 0 Å². The summed E-state index contributed by atoms with van der Waals surface area (Å²) < 4.78 is 0. The van der Waals surface area contributed by atoms with Crippen molar-refractivity contribution in [3.63, 3.8) is 0 Å². The predicted octanol–water partition coefficient (Wildman–Crippen LogP) is 4.78. The highest BCUT2D eigenvalue weighted by Crippen LogP contribution is 2.45. The molecule has 2 aliphatic rings. The van der Waals surface area contributed by atoms with Crippen LogP contribution in [-0.4, -0.2) is 13.1 Å². The van der Waals surface area contributed by atoms with Gasteiger partial charge in [0.25, 0.3) is 0 Å². The first-order chi connectivity index (χ1) is 9.60. The third kappa shape index (κ3) is 2.63. The molecule has 20 heavy (non-hydrogen) atoms. The average molecular weight is 293 g/mol. The van der Waals surface area contributed by atoms with Crippen LogP contribution in [0.2, 0.25) is 5.02 Å². The van der Waals surface area contributed by atoms with E-state index in [0.717, 1.165) is 0 Å². The molecule has 1 saturated carbocycles. The molecule has 0 unspecified atom stereocenters. The maximum Gasteiger partial charge on any atom is 0.0656 e. The Labute approximate surface area is 127 Å². The highest BCUT2D eigenvalue weighted by Gasteiger charge is 2.35. The standard InChI is InChI=1S/C17H25ClN2/c1-13-11-15(19)14(18)12-16(13)20-9-7-17(8-10-20)5-3-2-4-6-17/h11-12H,2-10,19H2,1H3. The summed E-state index contributed by atoms with van der Waals surface area (Å²) in [5, 5.41) is 0.684. The predicted molar refractivity (Wildman–Crippen MR) is 87.6 cm³/mol. The summed E-state index contributed by atoms with van der Waals surface area (Å²) in [6.07, 6.45) is 9.89. The van der Waals surface area contributed by atoms with Crippen LogP contribution in [0.25, 0.3) is 0 Å². The van der Waals surface area contributed by atoms with Crippen LogP contribution in [-0.2, 0) is 0 Å². The Hall–Kier alpha value is -0.890. The minimum atomic E-state index is 0.653. The van der Waals surface area contributed by atoms with Gasteiger partial charge in [0, 0.05) is 18.8 Å². The van der Waals surface area contributed by atoms with Gasteiger partial charge in [-0.1, -0.05) is 30.9 Å². The van der Waals surface area contributed by atoms with Crippen LogP contribution in [0.15, 0.2) is 12.1 Å². The van der Waals surface area contributed by atoms with E-state index in [1.165, 1.54) is 69.3 Å². The maximum absolute atomic E-state index is 6.20. The van der Waals surface area contributed by atoms with E-state index in [-0.39, 0.29) is 0 Å². The molecule has 1 saturated heterocycles. The van der Waals surface area contributed by atoms with Crippen LogP contribution in [0.4, 0.5) is 11.4 Å². The second-order valence-electron chi connectivity index (χ2n) is 6.71. The SMILES string of the molecule is Cc1cc(N)c(Cl)cc1N1CCC2(CCCCC2)CC1. The van der Waals surface area contributed by atoms with Crippen LogP contribution in [0.5, 0.6) is 0 Å². The van der Waals surface area contributed by atoms with Crippen molar-refractivity contribution in [2.75, 3.05) is 23.7 Å². The Morgan fingerprint density at radius 1 is 1.05 bits per heavy atom. The fraction of sp³-hybridized carbons (Fsp3) is 0.647. The summed E-state index contributed by atoms with van der Waals surface area (Å²) in [7, 11) is 0. The van der Waals surface area contributed by atoms with Crippen molar-refractivity contribution < 1.29 is 0 Å². The van der Waals surface area contributed by atoms with E-state index < -0.39 is 0 Å². The molecule has 1 aliphatic heterocycles.